The quantitative estimate of drug-likeness (QED) is 0.550. The maximum atomic E-state index is 11.9. The lowest BCUT2D eigenvalue weighted by atomic mass is 10.1. The number of nitrogens with zero attached hydrogens (tertiary/aromatic N) is 1. The maximum absolute atomic E-state index is 11.9. The summed E-state index contributed by atoms with van der Waals surface area (Å²) in [6, 6.07) is 0.580. The lowest BCUT2D eigenvalue weighted by Gasteiger charge is -2.22. The van der Waals surface area contributed by atoms with E-state index >= 15 is 0 Å². The minimum Gasteiger partial charge on any atom is -0.355 e. The van der Waals surface area contributed by atoms with Crippen LogP contribution in [-0.2, 0) is 4.79 Å². The fraction of sp³-hybridized carbons (Fsp3) is 0.933. The van der Waals surface area contributed by atoms with Gasteiger partial charge in [-0.05, 0) is 45.2 Å². The van der Waals surface area contributed by atoms with E-state index in [0.29, 0.717) is 12.5 Å². The average molecular weight is 317 g/mol. The molecular formula is C15H28N2OS2. The van der Waals surface area contributed by atoms with Gasteiger partial charge in [-0.25, -0.2) is 0 Å². The Morgan fingerprint density at radius 1 is 1.35 bits per heavy atom. The molecular weight excluding hydrogens is 288 g/mol. The van der Waals surface area contributed by atoms with Gasteiger partial charge in [0.15, 0.2) is 0 Å². The largest absolute Gasteiger partial charge is 0.355 e. The van der Waals surface area contributed by atoms with Gasteiger partial charge >= 0.3 is 0 Å². The highest BCUT2D eigenvalue weighted by Crippen LogP contribution is 2.39. The van der Waals surface area contributed by atoms with Gasteiger partial charge in [0.2, 0.25) is 5.91 Å². The highest BCUT2D eigenvalue weighted by atomic mass is 33.1. The molecule has 2 saturated heterocycles. The first-order valence-electron chi connectivity index (χ1n) is 8.08. The Bertz CT molecular complexity index is 296. The molecule has 0 aromatic heterocycles. The van der Waals surface area contributed by atoms with Crippen molar-refractivity contribution in [3.63, 3.8) is 0 Å². The number of likely N-dealkylation sites (N-methyl/N-ethyl adjacent to an activating group) is 1. The van der Waals surface area contributed by atoms with Crippen molar-refractivity contribution in [1.82, 2.24) is 10.2 Å². The summed E-state index contributed by atoms with van der Waals surface area (Å²) in [5.41, 5.74) is 0. The zero-order chi connectivity index (χ0) is 14.2. The molecule has 0 aliphatic carbocycles. The van der Waals surface area contributed by atoms with E-state index in [1.807, 2.05) is 21.6 Å². The number of amides is 1. The summed E-state index contributed by atoms with van der Waals surface area (Å²) in [6.45, 7) is 5.37. The van der Waals surface area contributed by atoms with E-state index in [4.69, 9.17) is 0 Å². The number of nitrogens with one attached hydrogen (secondary N) is 1. The Kier molecular flexibility index (Phi) is 7.60. The van der Waals surface area contributed by atoms with Crippen molar-refractivity contribution in [2.75, 3.05) is 25.4 Å². The van der Waals surface area contributed by atoms with Crippen LogP contribution in [0.25, 0.3) is 0 Å². The van der Waals surface area contributed by atoms with Crippen molar-refractivity contribution in [1.29, 1.82) is 0 Å². The Labute approximate surface area is 131 Å². The van der Waals surface area contributed by atoms with Crippen LogP contribution in [-0.4, -0.2) is 47.5 Å². The van der Waals surface area contributed by atoms with E-state index < -0.39 is 0 Å². The number of carbonyl (C=O) groups is 1. The van der Waals surface area contributed by atoms with E-state index in [9.17, 15) is 4.79 Å². The molecule has 20 heavy (non-hydrogen) atoms. The summed E-state index contributed by atoms with van der Waals surface area (Å²) in [4.78, 5) is 14.3. The number of unbranched alkanes of at least 4 members (excludes halogenated alkanes) is 1. The Balaban J connectivity index is 1.49. The molecule has 2 fully saturated rings. The molecule has 1 N–H and O–H groups in total. The summed E-state index contributed by atoms with van der Waals surface area (Å²) in [7, 11) is 4.05. The van der Waals surface area contributed by atoms with Crippen molar-refractivity contribution < 1.29 is 4.79 Å². The highest BCUT2D eigenvalue weighted by Gasteiger charge is 2.23. The van der Waals surface area contributed by atoms with Crippen molar-refractivity contribution >= 4 is 27.5 Å². The Hall–Kier alpha value is 0.130. The lowest BCUT2D eigenvalue weighted by molar-refractivity contribution is -0.121. The fourth-order valence-electron chi connectivity index (χ4n) is 3.08. The zero-order valence-corrected chi connectivity index (χ0v) is 14.2. The van der Waals surface area contributed by atoms with Crippen LogP contribution >= 0.6 is 21.6 Å². The molecule has 2 heterocycles. The van der Waals surface area contributed by atoms with E-state index in [0.717, 1.165) is 24.8 Å². The summed E-state index contributed by atoms with van der Waals surface area (Å²) < 4.78 is 0. The first-order chi connectivity index (χ1) is 9.79. The van der Waals surface area contributed by atoms with Gasteiger partial charge < -0.3 is 5.32 Å². The number of carbonyl (C=O) groups excluding carboxylic acids is 1. The monoisotopic (exact) mass is 316 g/mol. The van der Waals surface area contributed by atoms with Crippen LogP contribution in [0.15, 0.2) is 0 Å². The van der Waals surface area contributed by atoms with Gasteiger partial charge in [-0.1, -0.05) is 34.9 Å². The highest BCUT2D eigenvalue weighted by molar-refractivity contribution is 8.77. The Morgan fingerprint density at radius 2 is 2.25 bits per heavy atom. The van der Waals surface area contributed by atoms with Gasteiger partial charge in [0, 0.05) is 30.0 Å². The lowest BCUT2D eigenvalue weighted by Crippen LogP contribution is -2.39. The van der Waals surface area contributed by atoms with Gasteiger partial charge in [0.05, 0.1) is 0 Å². The van der Waals surface area contributed by atoms with E-state index in [1.165, 1.54) is 44.4 Å². The molecule has 2 unspecified atom stereocenters. The smallest absolute Gasteiger partial charge is 0.220 e. The van der Waals surface area contributed by atoms with Crippen LogP contribution in [0.2, 0.25) is 0 Å². The molecule has 0 bridgehead atoms. The molecule has 0 aromatic carbocycles. The van der Waals surface area contributed by atoms with E-state index in [1.54, 1.807) is 0 Å². The molecule has 0 aromatic rings. The molecule has 2 rings (SSSR count). The van der Waals surface area contributed by atoms with Crippen LogP contribution in [0, 0.1) is 0 Å². The van der Waals surface area contributed by atoms with Crippen LogP contribution in [0.3, 0.4) is 0 Å². The van der Waals surface area contributed by atoms with Crippen molar-refractivity contribution in [3.05, 3.63) is 0 Å². The van der Waals surface area contributed by atoms with Gasteiger partial charge in [0.25, 0.3) is 0 Å². The van der Waals surface area contributed by atoms with Gasteiger partial charge in [-0.3, -0.25) is 9.69 Å². The van der Waals surface area contributed by atoms with Crippen molar-refractivity contribution in [2.24, 2.45) is 0 Å². The summed E-state index contributed by atoms with van der Waals surface area (Å²) >= 11 is 0. The maximum Gasteiger partial charge on any atom is 0.220 e. The van der Waals surface area contributed by atoms with Crippen molar-refractivity contribution in [2.45, 2.75) is 63.2 Å². The second-order valence-electron chi connectivity index (χ2n) is 5.80. The number of hydrogen-bond donors (Lipinski definition) is 1. The SMILES string of the molecule is CCN1CCCC1CNC(=O)CCCCC1CCSS1. The molecule has 1 amide bonds. The average Bonchev–Trinajstić information content (AvgIpc) is 3.12. The molecule has 3 nitrogen and oxygen atoms in total. The first kappa shape index (κ1) is 16.5. The minimum atomic E-state index is 0.251. The van der Waals surface area contributed by atoms with Crippen LogP contribution in [0.5, 0.6) is 0 Å². The molecule has 116 valence electrons. The van der Waals surface area contributed by atoms with E-state index in [-0.39, 0.29) is 5.91 Å². The summed E-state index contributed by atoms with van der Waals surface area (Å²) in [6.07, 6.45) is 8.14. The van der Waals surface area contributed by atoms with Crippen molar-refractivity contribution in [3.8, 4) is 0 Å². The third kappa shape index (κ3) is 5.49. The molecule has 2 aliphatic heterocycles. The summed E-state index contributed by atoms with van der Waals surface area (Å²) in [5.74, 6) is 1.56. The molecule has 0 spiro atoms. The molecule has 2 aliphatic rings. The predicted molar refractivity (Wildman–Crippen MR) is 90.2 cm³/mol. The molecule has 0 radical (unpaired) electrons. The zero-order valence-electron chi connectivity index (χ0n) is 12.6. The number of rotatable bonds is 8. The predicted octanol–water partition coefficient (Wildman–Crippen LogP) is 3.30. The van der Waals surface area contributed by atoms with Crippen LogP contribution in [0.1, 0.15) is 51.9 Å². The Morgan fingerprint density at radius 3 is 3.00 bits per heavy atom. The second kappa shape index (κ2) is 9.21. The molecule has 2 atom stereocenters. The standard InChI is InChI=1S/C15H28N2OS2/c1-2-17-10-5-6-13(17)12-16-15(18)8-4-3-7-14-9-11-19-20-14/h13-14H,2-12H2,1H3,(H,16,18). The fourth-order valence-corrected chi connectivity index (χ4v) is 6.11. The van der Waals surface area contributed by atoms with Crippen LogP contribution in [0.4, 0.5) is 0 Å². The first-order valence-corrected chi connectivity index (χ1v) is 10.5. The van der Waals surface area contributed by atoms with Gasteiger partial charge in [0.1, 0.15) is 0 Å². The minimum absolute atomic E-state index is 0.251. The number of likely N-dealkylation sites (tertiary alicyclic amines) is 1. The topological polar surface area (TPSA) is 32.3 Å². The third-order valence-corrected chi connectivity index (χ3v) is 7.35. The van der Waals surface area contributed by atoms with E-state index in [2.05, 4.69) is 17.1 Å². The normalized spacial score (nSPS) is 27.1. The molecule has 0 saturated carbocycles. The third-order valence-electron chi connectivity index (χ3n) is 4.35. The van der Waals surface area contributed by atoms with Gasteiger partial charge in [-0.15, -0.1) is 0 Å². The van der Waals surface area contributed by atoms with Gasteiger partial charge in [-0.2, -0.15) is 0 Å². The molecule has 5 heteroatoms. The number of hydrogen-bond acceptors (Lipinski definition) is 4. The van der Waals surface area contributed by atoms with Crippen LogP contribution < -0.4 is 5.32 Å². The second-order valence-corrected chi connectivity index (χ2v) is 8.59. The summed E-state index contributed by atoms with van der Waals surface area (Å²) in [5, 5.41) is 3.97.